The number of aryl methyl sites for hydroxylation is 1. The van der Waals surface area contributed by atoms with Crippen LogP contribution in [0.4, 0.5) is 5.13 Å². The number of carbonyl (C=O) groups excluding carboxylic acids is 2. The lowest BCUT2D eigenvalue weighted by atomic mass is 10.1. The van der Waals surface area contributed by atoms with E-state index in [1.807, 2.05) is 0 Å². The molecule has 8 heteroatoms. The molecule has 0 aliphatic heterocycles. The minimum atomic E-state index is -1.02. The van der Waals surface area contributed by atoms with Crippen LogP contribution in [0.1, 0.15) is 48.5 Å². The molecule has 0 saturated heterocycles. The molecule has 1 atom stereocenters. The van der Waals surface area contributed by atoms with Crippen molar-refractivity contribution in [2.24, 2.45) is 5.41 Å². The van der Waals surface area contributed by atoms with Crippen LogP contribution >= 0.6 is 34.5 Å². The zero-order valence-corrected chi connectivity index (χ0v) is 15.5. The Balaban J connectivity index is 1.90. The molecule has 5 nitrogen and oxygen atoms in total. The summed E-state index contributed by atoms with van der Waals surface area (Å²) in [4.78, 5) is 31.5. The van der Waals surface area contributed by atoms with Gasteiger partial charge >= 0.3 is 5.97 Å². The number of halogens is 2. The second kappa shape index (κ2) is 5.60. The number of amides is 1. The molecule has 2 saturated carbocycles. The maximum absolute atomic E-state index is 12.9. The number of nitrogens with zero attached hydrogens (tertiary/aromatic N) is 2. The number of anilines is 1. The topological polar surface area (TPSA) is 59.5 Å². The average molecular weight is 377 g/mol. The number of aromatic nitrogens is 1. The first-order valence-corrected chi connectivity index (χ1v) is 9.14. The quantitative estimate of drug-likeness (QED) is 0.580. The molecule has 2 aliphatic rings. The Morgan fingerprint density at radius 1 is 1.43 bits per heavy atom. The third-order valence-corrected chi connectivity index (χ3v) is 6.55. The van der Waals surface area contributed by atoms with Crippen LogP contribution in [-0.4, -0.2) is 33.8 Å². The molecule has 1 heterocycles. The lowest BCUT2D eigenvalue weighted by molar-refractivity contribution is -0.123. The number of rotatable bonds is 5. The number of hydrogen-bond acceptors (Lipinski definition) is 5. The predicted molar refractivity (Wildman–Crippen MR) is 90.5 cm³/mol. The lowest BCUT2D eigenvalue weighted by Crippen LogP contribution is -2.40. The molecular weight excluding hydrogens is 359 g/mol. The van der Waals surface area contributed by atoms with Crippen LogP contribution in [0.15, 0.2) is 0 Å². The number of esters is 1. The number of ether oxygens (including phenoxy) is 1. The van der Waals surface area contributed by atoms with E-state index in [2.05, 4.69) is 4.98 Å². The van der Waals surface area contributed by atoms with Gasteiger partial charge in [-0.1, -0.05) is 11.3 Å². The second-order valence-corrected chi connectivity index (χ2v) is 8.71. The van der Waals surface area contributed by atoms with E-state index in [-0.39, 0.29) is 11.9 Å². The molecule has 0 aromatic carbocycles. The SMILES string of the molecule is CCOC(=O)c1sc(N(C(=O)C2(C)CC2(Cl)Cl)C2CC2)nc1C. The van der Waals surface area contributed by atoms with Crippen molar-refractivity contribution in [3.8, 4) is 0 Å². The van der Waals surface area contributed by atoms with Crippen LogP contribution in [-0.2, 0) is 9.53 Å². The Labute approximate surface area is 148 Å². The first-order valence-electron chi connectivity index (χ1n) is 7.57. The normalized spacial score (nSPS) is 25.1. The smallest absolute Gasteiger partial charge is 0.350 e. The zero-order chi connectivity index (χ0) is 17.0. The lowest BCUT2D eigenvalue weighted by Gasteiger charge is -2.24. The highest BCUT2D eigenvalue weighted by Crippen LogP contribution is 2.65. The van der Waals surface area contributed by atoms with E-state index in [1.165, 1.54) is 11.3 Å². The van der Waals surface area contributed by atoms with Crippen LogP contribution in [0.2, 0.25) is 0 Å². The molecule has 0 N–H and O–H groups in total. The standard InChI is InChI=1S/C15H18Cl2N2O3S/c1-4-22-11(20)10-8(2)18-13(23-10)19(9-5-6-9)12(21)14(3)7-15(14,16)17/h9H,4-7H2,1-3H3. The highest BCUT2D eigenvalue weighted by Gasteiger charge is 2.69. The van der Waals surface area contributed by atoms with Gasteiger partial charge in [-0.15, -0.1) is 23.2 Å². The Hall–Kier alpha value is -0.850. The predicted octanol–water partition coefficient (Wildman–Crippen LogP) is 3.71. The molecule has 0 bridgehead atoms. The van der Waals surface area contributed by atoms with Gasteiger partial charge in [-0.2, -0.15) is 0 Å². The van der Waals surface area contributed by atoms with E-state index in [9.17, 15) is 9.59 Å². The number of carbonyl (C=O) groups is 2. The van der Waals surface area contributed by atoms with E-state index in [0.29, 0.717) is 28.7 Å². The van der Waals surface area contributed by atoms with Crippen LogP contribution in [0.3, 0.4) is 0 Å². The largest absolute Gasteiger partial charge is 0.462 e. The van der Waals surface area contributed by atoms with E-state index in [0.717, 1.165) is 12.8 Å². The van der Waals surface area contributed by atoms with Crippen molar-refractivity contribution in [1.82, 2.24) is 4.98 Å². The minimum Gasteiger partial charge on any atom is -0.462 e. The maximum atomic E-state index is 12.9. The van der Waals surface area contributed by atoms with Crippen LogP contribution < -0.4 is 4.90 Å². The Morgan fingerprint density at radius 2 is 2.04 bits per heavy atom. The van der Waals surface area contributed by atoms with Crippen molar-refractivity contribution in [3.05, 3.63) is 10.6 Å². The van der Waals surface area contributed by atoms with Gasteiger partial charge < -0.3 is 4.74 Å². The van der Waals surface area contributed by atoms with Gasteiger partial charge in [-0.3, -0.25) is 9.69 Å². The fourth-order valence-corrected chi connectivity index (χ4v) is 4.24. The summed E-state index contributed by atoms with van der Waals surface area (Å²) in [5.74, 6) is -0.521. The van der Waals surface area contributed by atoms with Crippen molar-refractivity contribution < 1.29 is 14.3 Å². The molecule has 126 valence electrons. The van der Waals surface area contributed by atoms with Gasteiger partial charge in [-0.05, 0) is 40.0 Å². The first-order chi connectivity index (χ1) is 10.7. The van der Waals surface area contributed by atoms with Gasteiger partial charge in [0.2, 0.25) is 5.91 Å². The van der Waals surface area contributed by atoms with E-state index >= 15 is 0 Å². The summed E-state index contributed by atoms with van der Waals surface area (Å²) in [7, 11) is 0. The van der Waals surface area contributed by atoms with Crippen molar-refractivity contribution in [2.75, 3.05) is 11.5 Å². The third-order valence-electron chi connectivity index (χ3n) is 4.31. The average Bonchev–Trinajstić information content (AvgIpc) is 3.32. The van der Waals surface area contributed by atoms with Crippen molar-refractivity contribution >= 4 is 51.5 Å². The Kier molecular flexibility index (Phi) is 4.14. The van der Waals surface area contributed by atoms with Crippen LogP contribution in [0.25, 0.3) is 0 Å². The van der Waals surface area contributed by atoms with E-state index in [4.69, 9.17) is 27.9 Å². The molecule has 2 fully saturated rings. The second-order valence-electron chi connectivity index (χ2n) is 6.25. The summed E-state index contributed by atoms with van der Waals surface area (Å²) < 4.78 is 4.02. The van der Waals surface area contributed by atoms with Gasteiger partial charge in [0.15, 0.2) is 5.13 Å². The third kappa shape index (κ3) is 2.85. The fourth-order valence-electron chi connectivity index (χ4n) is 2.51. The van der Waals surface area contributed by atoms with Crippen LogP contribution in [0, 0.1) is 12.3 Å². The highest BCUT2D eigenvalue weighted by atomic mass is 35.5. The van der Waals surface area contributed by atoms with E-state index in [1.54, 1.807) is 25.7 Å². The number of thiazole rings is 1. The molecular formula is C15H18Cl2N2O3S. The summed E-state index contributed by atoms with van der Waals surface area (Å²) >= 11 is 13.5. The molecule has 2 aliphatic carbocycles. The van der Waals surface area contributed by atoms with Gasteiger partial charge in [0.1, 0.15) is 9.21 Å². The van der Waals surface area contributed by atoms with E-state index < -0.39 is 15.7 Å². The van der Waals surface area contributed by atoms with Crippen molar-refractivity contribution in [1.29, 1.82) is 0 Å². The first kappa shape index (κ1) is 17.0. The molecule has 1 aromatic rings. The molecule has 1 unspecified atom stereocenters. The summed E-state index contributed by atoms with van der Waals surface area (Å²) in [5.41, 5.74) is -0.214. The fraction of sp³-hybridized carbons (Fsp3) is 0.667. The van der Waals surface area contributed by atoms with Crippen molar-refractivity contribution in [2.45, 2.75) is 50.4 Å². The number of alkyl halides is 2. The minimum absolute atomic E-state index is 0.115. The number of hydrogen-bond donors (Lipinski definition) is 0. The molecule has 1 aromatic heterocycles. The van der Waals surface area contributed by atoms with Gasteiger partial charge in [0.05, 0.1) is 17.7 Å². The summed E-state index contributed by atoms with van der Waals surface area (Å²) in [6.07, 6.45) is 2.28. The van der Waals surface area contributed by atoms with Gasteiger partial charge in [0, 0.05) is 6.04 Å². The maximum Gasteiger partial charge on any atom is 0.350 e. The van der Waals surface area contributed by atoms with Crippen molar-refractivity contribution in [3.63, 3.8) is 0 Å². The van der Waals surface area contributed by atoms with Gasteiger partial charge in [-0.25, -0.2) is 9.78 Å². The summed E-state index contributed by atoms with van der Waals surface area (Å²) in [6.45, 7) is 5.57. The highest BCUT2D eigenvalue weighted by molar-refractivity contribution is 7.17. The monoisotopic (exact) mass is 376 g/mol. The summed E-state index contributed by atoms with van der Waals surface area (Å²) in [5, 5.41) is 0.523. The molecule has 3 rings (SSSR count). The Morgan fingerprint density at radius 3 is 2.52 bits per heavy atom. The zero-order valence-electron chi connectivity index (χ0n) is 13.2. The van der Waals surface area contributed by atoms with Crippen LogP contribution in [0.5, 0.6) is 0 Å². The summed E-state index contributed by atoms with van der Waals surface area (Å²) in [6, 6.07) is 0.115. The molecule has 1 amide bonds. The molecule has 0 spiro atoms. The molecule has 23 heavy (non-hydrogen) atoms. The van der Waals surface area contributed by atoms with Gasteiger partial charge in [0.25, 0.3) is 0 Å². The Bertz CT molecular complexity index is 672. The molecule has 0 radical (unpaired) electrons.